The fourth-order valence-corrected chi connectivity index (χ4v) is 3.42. The van der Waals surface area contributed by atoms with E-state index in [4.69, 9.17) is 0 Å². The second-order valence-corrected chi connectivity index (χ2v) is 7.46. The first-order chi connectivity index (χ1) is 12.0. The summed E-state index contributed by atoms with van der Waals surface area (Å²) in [7, 11) is -3.79. The van der Waals surface area contributed by atoms with Crippen LogP contribution in [0.1, 0.15) is 11.1 Å². The Morgan fingerprint density at radius 1 is 0.920 bits per heavy atom. The minimum Gasteiger partial charge on any atom is -0.277 e. The molecule has 0 unspecified atom stereocenters. The van der Waals surface area contributed by atoms with Crippen LogP contribution in [0.15, 0.2) is 71.6 Å². The summed E-state index contributed by atoms with van der Waals surface area (Å²) in [6.07, 6.45) is 0.0811. The molecule has 25 heavy (non-hydrogen) atoms. The van der Waals surface area contributed by atoms with E-state index in [1.807, 2.05) is 49.4 Å². The van der Waals surface area contributed by atoms with E-state index in [9.17, 15) is 13.2 Å². The highest BCUT2D eigenvalue weighted by Gasteiger charge is 2.15. The Bertz CT molecular complexity index is 1010. The standard InChI is InChI=1S/C19H18N2O3S/c1-14-9-11-17(12-10-14)25(23,24)21-20-19(22)13-16-7-4-6-15-5-2-3-8-18(15)16/h2-12,21H,13H2,1H3,(H,20,22). The van der Waals surface area contributed by atoms with Gasteiger partial charge < -0.3 is 0 Å². The van der Waals surface area contributed by atoms with Crippen LogP contribution in [0.2, 0.25) is 0 Å². The molecule has 1 amide bonds. The number of carbonyl (C=O) groups excluding carboxylic acids is 1. The summed E-state index contributed by atoms with van der Waals surface area (Å²) < 4.78 is 24.4. The van der Waals surface area contributed by atoms with Crippen LogP contribution in [0.25, 0.3) is 10.8 Å². The predicted molar refractivity (Wildman–Crippen MR) is 97.3 cm³/mol. The van der Waals surface area contributed by atoms with Gasteiger partial charge in [0.05, 0.1) is 11.3 Å². The summed E-state index contributed by atoms with van der Waals surface area (Å²) in [5.74, 6) is -0.424. The molecule has 5 nitrogen and oxygen atoms in total. The number of sulfonamides is 1. The minimum absolute atomic E-state index is 0.0811. The van der Waals surface area contributed by atoms with Crippen molar-refractivity contribution < 1.29 is 13.2 Å². The van der Waals surface area contributed by atoms with Gasteiger partial charge >= 0.3 is 0 Å². The number of benzene rings is 3. The van der Waals surface area contributed by atoms with Crippen molar-refractivity contribution in [1.29, 1.82) is 0 Å². The fraction of sp³-hybridized carbons (Fsp3) is 0.105. The van der Waals surface area contributed by atoms with Gasteiger partial charge in [-0.25, -0.2) is 8.42 Å². The molecule has 2 N–H and O–H groups in total. The Balaban J connectivity index is 1.69. The first kappa shape index (κ1) is 17.1. The molecular formula is C19H18N2O3S. The van der Waals surface area contributed by atoms with Gasteiger partial charge in [0, 0.05) is 0 Å². The van der Waals surface area contributed by atoms with Gasteiger partial charge in [-0.3, -0.25) is 10.2 Å². The molecule has 0 spiro atoms. The zero-order valence-electron chi connectivity index (χ0n) is 13.7. The number of nitrogens with one attached hydrogen (secondary N) is 2. The van der Waals surface area contributed by atoms with Crippen molar-refractivity contribution in [1.82, 2.24) is 10.3 Å². The SMILES string of the molecule is Cc1ccc(S(=O)(=O)NNC(=O)Cc2cccc3ccccc23)cc1. The smallest absolute Gasteiger partial charge is 0.257 e. The summed E-state index contributed by atoms with van der Waals surface area (Å²) in [5, 5.41) is 2.01. The second kappa shape index (κ2) is 7.04. The number of carbonyl (C=O) groups is 1. The van der Waals surface area contributed by atoms with Crippen LogP contribution in [0, 0.1) is 6.92 Å². The maximum Gasteiger partial charge on any atom is 0.257 e. The monoisotopic (exact) mass is 354 g/mol. The largest absolute Gasteiger partial charge is 0.277 e. The number of amides is 1. The zero-order chi connectivity index (χ0) is 17.9. The van der Waals surface area contributed by atoms with Gasteiger partial charge in [-0.2, -0.15) is 0 Å². The topological polar surface area (TPSA) is 75.3 Å². The van der Waals surface area contributed by atoms with Gasteiger partial charge in [-0.1, -0.05) is 60.2 Å². The van der Waals surface area contributed by atoms with Crippen LogP contribution in [0.5, 0.6) is 0 Å². The first-order valence-electron chi connectivity index (χ1n) is 7.80. The number of hydrogen-bond donors (Lipinski definition) is 2. The lowest BCUT2D eigenvalue weighted by atomic mass is 10.0. The molecule has 3 rings (SSSR count). The van der Waals surface area contributed by atoms with E-state index < -0.39 is 15.9 Å². The van der Waals surface area contributed by atoms with Crippen molar-refractivity contribution in [2.75, 3.05) is 0 Å². The van der Waals surface area contributed by atoms with Gasteiger partial charge in [0.15, 0.2) is 0 Å². The summed E-state index contributed by atoms with van der Waals surface area (Å²) >= 11 is 0. The minimum atomic E-state index is -3.79. The molecule has 0 aliphatic carbocycles. The van der Waals surface area contributed by atoms with E-state index in [0.29, 0.717) is 0 Å². The highest BCUT2D eigenvalue weighted by Crippen LogP contribution is 2.18. The number of hydrogen-bond acceptors (Lipinski definition) is 3. The normalized spacial score (nSPS) is 11.4. The van der Waals surface area contributed by atoms with Crippen LogP contribution < -0.4 is 10.3 Å². The van der Waals surface area contributed by atoms with Gasteiger partial charge in [-0.15, -0.1) is 4.83 Å². The lowest BCUT2D eigenvalue weighted by Gasteiger charge is -2.10. The molecule has 0 heterocycles. The molecule has 0 aliphatic heterocycles. The molecular weight excluding hydrogens is 336 g/mol. The summed E-state index contributed by atoms with van der Waals surface area (Å²) in [4.78, 5) is 14.4. The molecule has 0 atom stereocenters. The van der Waals surface area contributed by atoms with Crippen molar-refractivity contribution in [2.24, 2.45) is 0 Å². The number of rotatable bonds is 5. The molecule has 0 saturated carbocycles. The third kappa shape index (κ3) is 4.04. The molecule has 0 saturated heterocycles. The Morgan fingerprint density at radius 2 is 1.60 bits per heavy atom. The van der Waals surface area contributed by atoms with Crippen LogP contribution in [0.3, 0.4) is 0 Å². The predicted octanol–water partition coefficient (Wildman–Crippen LogP) is 2.70. The third-order valence-corrected chi connectivity index (χ3v) is 5.15. The number of fused-ring (bicyclic) bond motifs is 1. The van der Waals surface area contributed by atoms with Crippen molar-refractivity contribution in [3.63, 3.8) is 0 Å². The molecule has 0 fully saturated rings. The van der Waals surface area contributed by atoms with E-state index in [1.54, 1.807) is 12.1 Å². The Hall–Kier alpha value is -2.70. The Morgan fingerprint density at radius 3 is 2.36 bits per heavy atom. The van der Waals surface area contributed by atoms with Crippen molar-refractivity contribution >= 4 is 26.7 Å². The first-order valence-corrected chi connectivity index (χ1v) is 9.28. The summed E-state index contributed by atoms with van der Waals surface area (Å²) in [6.45, 7) is 1.87. The van der Waals surface area contributed by atoms with Crippen LogP contribution in [0.4, 0.5) is 0 Å². The molecule has 3 aromatic carbocycles. The average Bonchev–Trinajstić information content (AvgIpc) is 2.61. The maximum absolute atomic E-state index is 12.2. The molecule has 3 aromatic rings. The van der Waals surface area contributed by atoms with E-state index in [2.05, 4.69) is 10.3 Å². The van der Waals surface area contributed by atoms with Crippen molar-refractivity contribution in [3.8, 4) is 0 Å². The van der Waals surface area contributed by atoms with E-state index in [1.165, 1.54) is 12.1 Å². The Labute approximate surface area is 146 Å². The van der Waals surface area contributed by atoms with Gasteiger partial charge in [0.25, 0.3) is 10.0 Å². The summed E-state index contributed by atoms with van der Waals surface area (Å²) in [6, 6.07) is 19.8. The van der Waals surface area contributed by atoms with E-state index >= 15 is 0 Å². The van der Waals surface area contributed by atoms with Crippen molar-refractivity contribution in [2.45, 2.75) is 18.2 Å². The molecule has 6 heteroatoms. The third-order valence-electron chi connectivity index (χ3n) is 3.89. The average molecular weight is 354 g/mol. The maximum atomic E-state index is 12.2. The van der Waals surface area contributed by atoms with E-state index in [-0.39, 0.29) is 11.3 Å². The Kier molecular flexibility index (Phi) is 4.83. The van der Waals surface area contributed by atoms with E-state index in [0.717, 1.165) is 21.9 Å². The van der Waals surface area contributed by atoms with Crippen LogP contribution >= 0.6 is 0 Å². The molecule has 0 radical (unpaired) electrons. The highest BCUT2D eigenvalue weighted by molar-refractivity contribution is 7.89. The molecule has 0 aliphatic rings. The van der Waals surface area contributed by atoms with Gasteiger partial charge in [0.2, 0.25) is 5.91 Å². The second-order valence-electron chi connectivity index (χ2n) is 5.78. The molecule has 0 bridgehead atoms. The zero-order valence-corrected chi connectivity index (χ0v) is 14.5. The highest BCUT2D eigenvalue weighted by atomic mass is 32.2. The lowest BCUT2D eigenvalue weighted by Crippen LogP contribution is -2.42. The molecule has 128 valence electrons. The quantitative estimate of drug-likeness (QED) is 0.692. The van der Waals surface area contributed by atoms with Crippen molar-refractivity contribution in [3.05, 3.63) is 77.9 Å². The van der Waals surface area contributed by atoms with Gasteiger partial charge in [-0.05, 0) is 35.4 Å². The van der Waals surface area contributed by atoms with Gasteiger partial charge in [0.1, 0.15) is 0 Å². The lowest BCUT2D eigenvalue weighted by molar-refractivity contribution is -0.120. The fourth-order valence-electron chi connectivity index (χ4n) is 2.56. The molecule has 0 aromatic heterocycles. The number of hydrazine groups is 1. The summed E-state index contributed by atoms with van der Waals surface area (Å²) in [5.41, 5.74) is 4.07. The van der Waals surface area contributed by atoms with Crippen LogP contribution in [-0.4, -0.2) is 14.3 Å². The van der Waals surface area contributed by atoms with Crippen LogP contribution in [-0.2, 0) is 21.2 Å². The number of aryl methyl sites for hydroxylation is 1.